The highest BCUT2D eigenvalue weighted by atomic mass is 32.2. The molecule has 99 heavy (non-hydrogen) atoms. The number of halogens is 9. The minimum absolute atomic E-state index is 0.0622. The van der Waals surface area contributed by atoms with Gasteiger partial charge in [0.05, 0.1) is 56.8 Å². The van der Waals surface area contributed by atoms with Crippen LogP contribution < -0.4 is 17.2 Å². The molecule has 33 heteroatoms. The van der Waals surface area contributed by atoms with Gasteiger partial charge in [0.1, 0.15) is 37.1 Å². The first-order valence-corrected chi connectivity index (χ1v) is 39.4. The number of fused-ring (bicyclic) bond motifs is 3. The van der Waals surface area contributed by atoms with Crippen LogP contribution in [0.5, 0.6) is 0 Å². The van der Waals surface area contributed by atoms with Crippen molar-refractivity contribution in [2.75, 3.05) is 93.0 Å². The Hall–Kier alpha value is -6.42. The number of anilines is 3. The number of alkyl halides is 9. The monoisotopic (exact) mass is 1450 g/mol. The summed E-state index contributed by atoms with van der Waals surface area (Å²) in [6.45, 7) is 14.3. The molecule has 0 bridgehead atoms. The van der Waals surface area contributed by atoms with Gasteiger partial charge in [-0.1, -0.05) is 0 Å². The van der Waals surface area contributed by atoms with E-state index in [2.05, 4.69) is 44.9 Å². The van der Waals surface area contributed by atoms with Gasteiger partial charge in [0, 0.05) is 145 Å². The second kappa shape index (κ2) is 27.1. The van der Waals surface area contributed by atoms with Crippen LogP contribution in [-0.4, -0.2) is 178 Å². The summed E-state index contributed by atoms with van der Waals surface area (Å²) in [4.78, 5) is 17.8. The number of nitrogen functional groups attached to an aromatic ring is 3. The Bertz CT molecular complexity index is 4100. The molecule has 6 saturated carbocycles. The Kier molecular flexibility index (Phi) is 20.2. The van der Waals surface area contributed by atoms with Gasteiger partial charge >= 0.3 is 18.5 Å². The number of aromatic nitrogens is 9. The lowest BCUT2D eigenvalue weighted by Gasteiger charge is -2.33. The van der Waals surface area contributed by atoms with Gasteiger partial charge in [-0.3, -0.25) is 18.9 Å². The van der Waals surface area contributed by atoms with E-state index in [1.165, 1.54) is 31.1 Å². The molecule has 12 atom stereocenters. The summed E-state index contributed by atoms with van der Waals surface area (Å²) < 4.78 is 195. The summed E-state index contributed by atoms with van der Waals surface area (Å²) >= 11 is 0. The van der Waals surface area contributed by atoms with Crippen molar-refractivity contribution in [1.82, 2.24) is 59.0 Å². The second-order valence-electron chi connectivity index (χ2n) is 29.3. The third kappa shape index (κ3) is 16.3. The molecule has 13 rings (SSSR count). The minimum atomic E-state index is -4.58. The third-order valence-electron chi connectivity index (χ3n) is 21.4. The molecule has 6 N–H and O–H groups in total. The van der Waals surface area contributed by atoms with Crippen LogP contribution in [0.4, 0.5) is 57.0 Å². The van der Waals surface area contributed by atoms with Gasteiger partial charge in [-0.05, 0) is 166 Å². The molecule has 0 spiro atoms. The van der Waals surface area contributed by atoms with Gasteiger partial charge in [-0.25, -0.2) is 40.2 Å². The molecule has 7 aliphatic rings. The summed E-state index contributed by atoms with van der Waals surface area (Å²) in [7, 11) is -4.94. The van der Waals surface area contributed by atoms with Crippen LogP contribution in [0.15, 0.2) is 55.0 Å². The molecule has 0 radical (unpaired) electrons. The molecule has 21 nitrogen and oxygen atoms in total. The van der Waals surface area contributed by atoms with E-state index in [1.807, 2.05) is 87.9 Å². The van der Waals surface area contributed by atoms with Crippen LogP contribution in [0, 0.1) is 35.5 Å². The lowest BCUT2D eigenvalue weighted by Crippen LogP contribution is -2.45. The molecule has 1 aliphatic heterocycles. The molecule has 6 aliphatic carbocycles. The van der Waals surface area contributed by atoms with E-state index in [1.54, 1.807) is 0 Å². The third-order valence-corrected chi connectivity index (χ3v) is 24.8. The van der Waals surface area contributed by atoms with Gasteiger partial charge in [-0.15, -0.1) is 0 Å². The molecule has 1 saturated heterocycles. The van der Waals surface area contributed by atoms with Gasteiger partial charge < -0.3 is 27.0 Å². The van der Waals surface area contributed by atoms with Gasteiger partial charge in [-0.2, -0.15) is 54.8 Å². The average molecular weight is 1450 g/mol. The van der Waals surface area contributed by atoms with Crippen molar-refractivity contribution >= 4 is 47.0 Å². The highest BCUT2D eigenvalue weighted by Crippen LogP contribution is 2.66. The molecule has 6 unspecified atom stereocenters. The quantitative estimate of drug-likeness (QED) is 0.0674. The molecule has 6 aromatic rings. The molecular formula is C66H88F9N15O6S3. The summed E-state index contributed by atoms with van der Waals surface area (Å²) in [6.07, 6.45) is -1.25. The molecule has 6 aromatic heterocycles. The standard InChI is InChI=1S/C22H28F3N5O2S.2C22H30F3N5O2S/c1-12(2)30-19(10-18(28-30)13-7-17(22(23,24)25)21(26)27-11-13)20-15-8-14(9-16(15)20)29-3-5-33(31,32)6-4-29;2*1-12(2)30-19(10-18(28-30)13-7-17(22(23,24)25)21(26)27-11-13)20-15-8-14(9-16(15)20)29(3)5-6-33(4,31)32/h7,10-12,14-16,20H,3-6,8-9H2,1-2H3,(H2,26,27);2*7,10-12,14-16,20H,5-6,8-9H2,1-4H3,(H2,26,27)/t3*14?,15-,16+,20?. The number of rotatable bonds is 18. The van der Waals surface area contributed by atoms with Crippen molar-refractivity contribution in [3.63, 3.8) is 0 Å². The molecule has 0 aromatic carbocycles. The molecule has 7 fully saturated rings. The fraction of sp³-hybridized carbons (Fsp3) is 0.636. The minimum Gasteiger partial charge on any atom is -0.383 e. The second-order valence-corrected chi connectivity index (χ2v) is 36.1. The van der Waals surface area contributed by atoms with Gasteiger partial charge in [0.2, 0.25) is 0 Å². The Morgan fingerprint density at radius 2 is 0.758 bits per heavy atom. The fourth-order valence-electron chi connectivity index (χ4n) is 16.0. The molecule has 0 amide bonds. The van der Waals surface area contributed by atoms with Crippen molar-refractivity contribution < 1.29 is 64.8 Å². The topological polar surface area (TPSA) is 282 Å². The average Bonchev–Trinajstić information content (AvgIpc) is 1.57. The van der Waals surface area contributed by atoms with E-state index in [9.17, 15) is 64.8 Å². The lowest BCUT2D eigenvalue weighted by atomic mass is 10.0. The predicted molar refractivity (Wildman–Crippen MR) is 359 cm³/mol. The smallest absolute Gasteiger partial charge is 0.383 e. The van der Waals surface area contributed by atoms with Crippen LogP contribution in [-0.2, 0) is 48.0 Å². The molecule has 7 heterocycles. The number of pyridine rings is 3. The Balaban J connectivity index is 0.000000150. The van der Waals surface area contributed by atoms with Crippen molar-refractivity contribution in [3.8, 4) is 33.8 Å². The summed E-state index contributed by atoms with van der Waals surface area (Å²) in [5.74, 6) is 3.05. The highest BCUT2D eigenvalue weighted by molar-refractivity contribution is 7.91. The highest BCUT2D eigenvalue weighted by Gasteiger charge is 2.61. The molecule has 544 valence electrons. The van der Waals surface area contributed by atoms with Crippen molar-refractivity contribution in [3.05, 3.63) is 88.8 Å². The van der Waals surface area contributed by atoms with Crippen molar-refractivity contribution in [2.45, 2.75) is 153 Å². The zero-order valence-corrected chi connectivity index (χ0v) is 59.4. The van der Waals surface area contributed by atoms with Crippen LogP contribution in [0.3, 0.4) is 0 Å². The molecular weight excluding hydrogens is 1370 g/mol. The van der Waals surface area contributed by atoms with E-state index in [4.69, 9.17) is 17.2 Å². The van der Waals surface area contributed by atoms with E-state index in [0.717, 1.165) is 73.8 Å². The van der Waals surface area contributed by atoms with Crippen molar-refractivity contribution in [1.29, 1.82) is 0 Å². The Morgan fingerprint density at radius 3 is 1.01 bits per heavy atom. The van der Waals surface area contributed by atoms with Crippen LogP contribution in [0.25, 0.3) is 33.8 Å². The summed E-state index contributed by atoms with van der Waals surface area (Å²) in [6, 6.07) is 10.0. The first-order chi connectivity index (χ1) is 46.0. The fourth-order valence-corrected chi connectivity index (χ4v) is 18.5. The van der Waals surface area contributed by atoms with E-state index >= 15 is 0 Å². The number of nitrogens with zero attached hydrogens (tertiary/aromatic N) is 12. The van der Waals surface area contributed by atoms with Crippen molar-refractivity contribution in [2.24, 2.45) is 35.5 Å². The first kappa shape index (κ1) is 73.8. The Labute approximate surface area is 571 Å². The number of hydrogen-bond acceptors (Lipinski definition) is 18. The Morgan fingerprint density at radius 1 is 0.485 bits per heavy atom. The predicted octanol–water partition coefficient (Wildman–Crippen LogP) is 10.5. The number of sulfone groups is 3. The maximum atomic E-state index is 13.3. The zero-order chi connectivity index (χ0) is 72.3. The van der Waals surface area contributed by atoms with E-state index in [0.29, 0.717) is 131 Å². The van der Waals surface area contributed by atoms with Crippen LogP contribution >= 0.6 is 0 Å². The number of nitrogens with two attached hydrogens (primary N) is 3. The largest absolute Gasteiger partial charge is 0.419 e. The van der Waals surface area contributed by atoms with Gasteiger partial charge in [0.25, 0.3) is 0 Å². The zero-order valence-electron chi connectivity index (χ0n) is 56.9. The van der Waals surface area contributed by atoms with E-state index in [-0.39, 0.29) is 41.1 Å². The normalized spacial score (nSPS) is 26.5. The summed E-state index contributed by atoms with van der Waals surface area (Å²) in [5, 5.41) is 13.9. The van der Waals surface area contributed by atoms with E-state index < -0.39 is 82.2 Å². The maximum Gasteiger partial charge on any atom is 0.419 e. The first-order valence-electron chi connectivity index (χ1n) is 33.4. The lowest BCUT2D eigenvalue weighted by molar-refractivity contribution is -0.137. The van der Waals surface area contributed by atoms with Crippen LogP contribution in [0.1, 0.15) is 150 Å². The van der Waals surface area contributed by atoms with Gasteiger partial charge in [0.15, 0.2) is 9.84 Å². The number of hydrogen-bond donors (Lipinski definition) is 3. The maximum absolute atomic E-state index is 13.3. The SMILES string of the molecule is CC(C)n1nc(-c2cnc(N)c(C(F)(F)F)c2)cc1C1[C@H]2CC(N(C)CCS(C)(=O)=O)C[C@@H]12.CC(C)n1nc(-c2cnc(N)c(C(F)(F)F)c2)cc1C1[C@H]2CC(N(C)CCS(C)(=O)=O)C[C@@H]12.CC(C)n1nc(-c2cnc(N)c(C(F)(F)F)c2)cc1C1[C@H]2CC(N3CCS(=O)(=O)CC3)C[C@@H]12. The summed E-state index contributed by atoms with van der Waals surface area (Å²) in [5.41, 5.74) is 18.9. The van der Waals surface area contributed by atoms with Crippen LogP contribution in [0.2, 0.25) is 0 Å².